The molecule has 1 aromatic carbocycles. The second-order valence-corrected chi connectivity index (χ2v) is 6.54. The van der Waals surface area contributed by atoms with Crippen molar-refractivity contribution >= 4 is 39.3 Å². The van der Waals surface area contributed by atoms with E-state index in [1.165, 1.54) is 16.0 Å². The molecule has 2 aromatic heterocycles. The average Bonchev–Trinajstić information content (AvgIpc) is 2.91. The summed E-state index contributed by atoms with van der Waals surface area (Å²) < 4.78 is 0. The lowest BCUT2D eigenvalue weighted by Gasteiger charge is -2.08. The summed E-state index contributed by atoms with van der Waals surface area (Å²) in [5.41, 5.74) is 2.54. The van der Waals surface area contributed by atoms with E-state index in [-0.39, 0.29) is 0 Å². The Morgan fingerprint density at radius 1 is 1.15 bits per heavy atom. The van der Waals surface area contributed by atoms with Gasteiger partial charge in [-0.05, 0) is 42.5 Å². The first-order valence-corrected chi connectivity index (χ1v) is 8.05. The smallest absolute Gasteiger partial charge is 0.224 e. The van der Waals surface area contributed by atoms with E-state index in [2.05, 4.69) is 58.8 Å². The molecule has 0 amide bonds. The molecule has 3 nitrogen and oxygen atoms in total. The molecular weight excluding hydrogens is 286 g/mol. The van der Waals surface area contributed by atoms with E-state index in [0.717, 1.165) is 15.2 Å². The highest BCUT2D eigenvalue weighted by Gasteiger charge is 2.11. The van der Waals surface area contributed by atoms with Gasteiger partial charge in [0.2, 0.25) is 5.95 Å². The van der Waals surface area contributed by atoms with E-state index in [1.54, 1.807) is 23.1 Å². The summed E-state index contributed by atoms with van der Waals surface area (Å²) in [5.74, 6) is 0.674. The van der Waals surface area contributed by atoms with E-state index in [0.29, 0.717) is 5.95 Å². The summed E-state index contributed by atoms with van der Waals surface area (Å²) >= 11 is 3.35. The Hall–Kier alpha value is -1.59. The number of hydrogen-bond donors (Lipinski definition) is 1. The van der Waals surface area contributed by atoms with Gasteiger partial charge < -0.3 is 5.32 Å². The van der Waals surface area contributed by atoms with Gasteiger partial charge in [0, 0.05) is 17.3 Å². The van der Waals surface area contributed by atoms with Crippen LogP contribution in [-0.4, -0.2) is 17.0 Å². The Morgan fingerprint density at radius 2 is 2.00 bits per heavy atom. The predicted molar refractivity (Wildman–Crippen MR) is 87.0 cm³/mol. The van der Waals surface area contributed by atoms with Gasteiger partial charge >= 0.3 is 0 Å². The standard InChI is InChI=1S/C15H15N3S2/c1-9-4-5-10(2)12(8-9)20-14-11-6-7-19-13(11)17-15(16-3)18-14/h4-8H,1-3H3,(H,16,17,18). The van der Waals surface area contributed by atoms with E-state index in [1.807, 2.05) is 7.05 Å². The summed E-state index contributed by atoms with van der Waals surface area (Å²) in [4.78, 5) is 11.4. The van der Waals surface area contributed by atoms with Crippen molar-refractivity contribution < 1.29 is 0 Å². The molecule has 0 saturated carbocycles. The number of hydrogen-bond acceptors (Lipinski definition) is 5. The second-order valence-electron chi connectivity index (χ2n) is 4.61. The SMILES string of the molecule is CNc1nc(Sc2cc(C)ccc2C)c2ccsc2n1. The van der Waals surface area contributed by atoms with Crippen molar-refractivity contribution in [1.29, 1.82) is 0 Å². The molecule has 5 heteroatoms. The first-order chi connectivity index (χ1) is 9.67. The maximum absolute atomic E-state index is 4.61. The molecule has 3 rings (SSSR count). The molecule has 2 heterocycles. The summed E-state index contributed by atoms with van der Waals surface area (Å²) in [7, 11) is 1.85. The van der Waals surface area contributed by atoms with Gasteiger partial charge in [-0.25, -0.2) is 9.97 Å². The fourth-order valence-electron chi connectivity index (χ4n) is 1.94. The van der Waals surface area contributed by atoms with Gasteiger partial charge in [-0.3, -0.25) is 0 Å². The molecule has 0 aliphatic heterocycles. The zero-order chi connectivity index (χ0) is 14.1. The number of fused-ring (bicyclic) bond motifs is 1. The van der Waals surface area contributed by atoms with Gasteiger partial charge in [0.25, 0.3) is 0 Å². The van der Waals surface area contributed by atoms with Crippen molar-refractivity contribution in [3.63, 3.8) is 0 Å². The van der Waals surface area contributed by atoms with Crippen LogP contribution in [0.4, 0.5) is 5.95 Å². The Balaban J connectivity index is 2.09. The van der Waals surface area contributed by atoms with Crippen LogP contribution in [0, 0.1) is 13.8 Å². The van der Waals surface area contributed by atoms with Gasteiger partial charge in [-0.15, -0.1) is 11.3 Å². The number of anilines is 1. The van der Waals surface area contributed by atoms with Crippen LogP contribution in [0.5, 0.6) is 0 Å². The Morgan fingerprint density at radius 3 is 2.80 bits per heavy atom. The fourth-order valence-corrected chi connectivity index (χ4v) is 3.86. The van der Waals surface area contributed by atoms with Gasteiger partial charge in [0.1, 0.15) is 9.86 Å². The van der Waals surface area contributed by atoms with Crippen molar-refractivity contribution in [1.82, 2.24) is 9.97 Å². The van der Waals surface area contributed by atoms with Crippen LogP contribution in [0.25, 0.3) is 10.2 Å². The lowest BCUT2D eigenvalue weighted by atomic mass is 10.2. The highest BCUT2D eigenvalue weighted by Crippen LogP contribution is 2.36. The molecule has 0 unspecified atom stereocenters. The van der Waals surface area contributed by atoms with E-state index >= 15 is 0 Å². The van der Waals surface area contributed by atoms with E-state index in [9.17, 15) is 0 Å². The molecular formula is C15H15N3S2. The molecule has 0 atom stereocenters. The van der Waals surface area contributed by atoms with Gasteiger partial charge in [0.05, 0.1) is 0 Å². The van der Waals surface area contributed by atoms with Crippen LogP contribution in [0.2, 0.25) is 0 Å². The highest BCUT2D eigenvalue weighted by atomic mass is 32.2. The molecule has 0 radical (unpaired) electrons. The van der Waals surface area contributed by atoms with Crippen LogP contribution in [0.3, 0.4) is 0 Å². The lowest BCUT2D eigenvalue weighted by molar-refractivity contribution is 1.10. The van der Waals surface area contributed by atoms with Gasteiger partial charge in [-0.1, -0.05) is 23.9 Å². The maximum atomic E-state index is 4.61. The van der Waals surface area contributed by atoms with Gasteiger partial charge in [0.15, 0.2) is 0 Å². The Kier molecular flexibility index (Phi) is 3.63. The zero-order valence-electron chi connectivity index (χ0n) is 11.6. The minimum Gasteiger partial charge on any atom is -0.357 e. The fraction of sp³-hybridized carbons (Fsp3) is 0.200. The number of rotatable bonds is 3. The molecule has 0 saturated heterocycles. The maximum Gasteiger partial charge on any atom is 0.224 e. The normalized spacial score (nSPS) is 10.9. The quantitative estimate of drug-likeness (QED) is 0.723. The van der Waals surface area contributed by atoms with Crippen LogP contribution < -0.4 is 5.32 Å². The average molecular weight is 301 g/mol. The number of nitrogens with one attached hydrogen (secondary N) is 1. The predicted octanol–water partition coefficient (Wildman–Crippen LogP) is 4.50. The highest BCUT2D eigenvalue weighted by molar-refractivity contribution is 7.99. The van der Waals surface area contributed by atoms with Crippen LogP contribution in [0.15, 0.2) is 39.6 Å². The number of aromatic nitrogens is 2. The molecule has 0 bridgehead atoms. The molecule has 0 fully saturated rings. The minimum atomic E-state index is 0.674. The Labute approximate surface area is 126 Å². The third-order valence-electron chi connectivity index (χ3n) is 3.06. The molecule has 102 valence electrons. The van der Waals surface area contributed by atoms with Crippen molar-refractivity contribution in [3.05, 3.63) is 40.8 Å². The largest absolute Gasteiger partial charge is 0.357 e. The van der Waals surface area contributed by atoms with E-state index < -0.39 is 0 Å². The third-order valence-corrected chi connectivity index (χ3v) is 5.03. The van der Waals surface area contributed by atoms with Crippen molar-refractivity contribution in [2.75, 3.05) is 12.4 Å². The number of thiophene rings is 1. The van der Waals surface area contributed by atoms with Crippen LogP contribution in [-0.2, 0) is 0 Å². The van der Waals surface area contributed by atoms with Crippen LogP contribution >= 0.6 is 23.1 Å². The number of nitrogens with zero attached hydrogens (tertiary/aromatic N) is 2. The Bertz CT molecular complexity index is 765. The van der Waals surface area contributed by atoms with E-state index in [4.69, 9.17) is 0 Å². The zero-order valence-corrected chi connectivity index (χ0v) is 13.2. The van der Waals surface area contributed by atoms with Crippen molar-refractivity contribution in [2.45, 2.75) is 23.8 Å². The summed E-state index contributed by atoms with van der Waals surface area (Å²) in [6, 6.07) is 8.59. The monoisotopic (exact) mass is 301 g/mol. The van der Waals surface area contributed by atoms with Crippen LogP contribution in [0.1, 0.15) is 11.1 Å². The first-order valence-electron chi connectivity index (χ1n) is 6.35. The van der Waals surface area contributed by atoms with Crippen molar-refractivity contribution in [2.24, 2.45) is 0 Å². The number of benzene rings is 1. The minimum absolute atomic E-state index is 0.674. The summed E-state index contributed by atoms with van der Waals surface area (Å²) in [6.45, 7) is 4.25. The molecule has 0 aliphatic rings. The third kappa shape index (κ3) is 2.51. The molecule has 1 N–H and O–H groups in total. The van der Waals surface area contributed by atoms with Gasteiger partial charge in [-0.2, -0.15) is 0 Å². The molecule has 0 spiro atoms. The summed E-state index contributed by atoms with van der Waals surface area (Å²) in [6.07, 6.45) is 0. The van der Waals surface area contributed by atoms with Crippen molar-refractivity contribution in [3.8, 4) is 0 Å². The molecule has 3 aromatic rings. The topological polar surface area (TPSA) is 37.8 Å². The summed E-state index contributed by atoms with van der Waals surface area (Å²) in [5, 5.41) is 7.23. The second kappa shape index (κ2) is 5.42. The molecule has 20 heavy (non-hydrogen) atoms. The molecule has 0 aliphatic carbocycles. The lowest BCUT2D eigenvalue weighted by Crippen LogP contribution is -1.97. The number of aryl methyl sites for hydroxylation is 2. The first kappa shape index (κ1) is 13.4.